The van der Waals surface area contributed by atoms with Gasteiger partial charge < -0.3 is 5.32 Å². The molecule has 0 aromatic carbocycles. The Balaban J connectivity index is 2.21. The van der Waals surface area contributed by atoms with E-state index in [-0.39, 0.29) is 12.1 Å². The zero-order chi connectivity index (χ0) is 15.5. The van der Waals surface area contributed by atoms with E-state index in [0.29, 0.717) is 15.1 Å². The quantitative estimate of drug-likeness (QED) is 0.856. The molecule has 2 rings (SSSR count). The van der Waals surface area contributed by atoms with E-state index in [1.54, 1.807) is 16.4 Å². The molecular weight excluding hydrogens is 328 g/mol. The smallest absolute Gasteiger partial charge is 0.252 e. The predicted molar refractivity (Wildman–Crippen MR) is 88.6 cm³/mol. The van der Waals surface area contributed by atoms with Gasteiger partial charge in [-0.15, -0.1) is 11.3 Å². The van der Waals surface area contributed by atoms with Crippen molar-refractivity contribution in [3.8, 4) is 0 Å². The minimum Gasteiger partial charge on any atom is -0.313 e. The number of piperidine rings is 1. The number of nitrogens with one attached hydrogen (secondary N) is 1. The molecule has 120 valence electrons. The van der Waals surface area contributed by atoms with Gasteiger partial charge in [-0.2, -0.15) is 4.31 Å². The number of hydrogen-bond donors (Lipinski definition) is 1. The monoisotopic (exact) mass is 350 g/mol. The van der Waals surface area contributed by atoms with Gasteiger partial charge in [0.2, 0.25) is 0 Å². The zero-order valence-electron chi connectivity index (χ0n) is 12.5. The van der Waals surface area contributed by atoms with Crippen molar-refractivity contribution in [3.05, 3.63) is 16.5 Å². The number of sulfonamides is 1. The van der Waals surface area contributed by atoms with E-state index in [9.17, 15) is 8.42 Å². The summed E-state index contributed by atoms with van der Waals surface area (Å²) in [6.07, 6.45) is 3.97. The first-order valence-electron chi connectivity index (χ1n) is 7.47. The molecule has 21 heavy (non-hydrogen) atoms. The third-order valence-corrected chi connectivity index (χ3v) is 7.53. The summed E-state index contributed by atoms with van der Waals surface area (Å²) in [6, 6.07) is 3.45. The fraction of sp³-hybridized carbons (Fsp3) is 0.714. The number of hydrogen-bond acceptors (Lipinski definition) is 4. The Kier molecular flexibility index (Phi) is 6.08. The summed E-state index contributed by atoms with van der Waals surface area (Å²) in [5, 5.41) is 3.43. The second-order valence-corrected chi connectivity index (χ2v) is 9.31. The van der Waals surface area contributed by atoms with Gasteiger partial charge in [0.05, 0.1) is 4.34 Å². The molecule has 1 aromatic rings. The maximum Gasteiger partial charge on any atom is 0.252 e. The Hall–Kier alpha value is -0.140. The minimum absolute atomic E-state index is 0.0242. The Bertz CT molecular complexity index is 559. The molecule has 1 aliphatic heterocycles. The van der Waals surface area contributed by atoms with Crippen LogP contribution in [0.15, 0.2) is 16.3 Å². The van der Waals surface area contributed by atoms with Crippen LogP contribution in [0.1, 0.15) is 39.5 Å². The summed E-state index contributed by atoms with van der Waals surface area (Å²) in [7, 11) is -3.43. The topological polar surface area (TPSA) is 49.4 Å². The summed E-state index contributed by atoms with van der Waals surface area (Å²) in [4.78, 5) is 0. The van der Waals surface area contributed by atoms with E-state index in [1.165, 1.54) is 0 Å². The molecule has 2 atom stereocenters. The highest BCUT2D eigenvalue weighted by Crippen LogP contribution is 2.32. The van der Waals surface area contributed by atoms with Crippen LogP contribution >= 0.6 is 22.9 Å². The normalized spacial score (nSPS) is 22.3. The Labute approximate surface area is 136 Å². The number of nitrogens with zero attached hydrogens (tertiary/aromatic N) is 1. The Morgan fingerprint density at radius 1 is 1.48 bits per heavy atom. The van der Waals surface area contributed by atoms with Crippen molar-refractivity contribution in [2.45, 2.75) is 55.8 Å². The molecular formula is C14H23ClN2O2S2. The number of rotatable bonds is 6. The predicted octanol–water partition coefficient (Wildman–Crippen LogP) is 3.33. The largest absolute Gasteiger partial charge is 0.313 e. The molecule has 0 saturated carbocycles. The first kappa shape index (κ1) is 17.2. The summed E-state index contributed by atoms with van der Waals surface area (Å²) in [5.74, 6) is 0. The van der Waals surface area contributed by atoms with E-state index >= 15 is 0 Å². The van der Waals surface area contributed by atoms with Crippen molar-refractivity contribution in [1.29, 1.82) is 0 Å². The van der Waals surface area contributed by atoms with Gasteiger partial charge >= 0.3 is 0 Å². The molecule has 0 bridgehead atoms. The Morgan fingerprint density at radius 2 is 2.24 bits per heavy atom. The van der Waals surface area contributed by atoms with Crippen LogP contribution in [0.25, 0.3) is 0 Å². The van der Waals surface area contributed by atoms with Gasteiger partial charge in [0.25, 0.3) is 10.0 Å². The Morgan fingerprint density at radius 3 is 2.86 bits per heavy atom. The average molecular weight is 351 g/mol. The lowest BCUT2D eigenvalue weighted by atomic mass is 9.99. The van der Waals surface area contributed by atoms with Crippen molar-refractivity contribution in [1.82, 2.24) is 9.62 Å². The maximum absolute atomic E-state index is 12.8. The van der Waals surface area contributed by atoms with Gasteiger partial charge in [-0.3, -0.25) is 0 Å². The van der Waals surface area contributed by atoms with Crippen LogP contribution in [-0.4, -0.2) is 37.9 Å². The van der Waals surface area contributed by atoms with E-state index in [0.717, 1.165) is 43.6 Å². The molecule has 1 aromatic heterocycles. The van der Waals surface area contributed by atoms with Crippen LogP contribution in [0, 0.1) is 0 Å². The van der Waals surface area contributed by atoms with Crippen LogP contribution in [0.4, 0.5) is 0 Å². The van der Waals surface area contributed by atoms with Crippen molar-refractivity contribution in [2.24, 2.45) is 0 Å². The highest BCUT2D eigenvalue weighted by Gasteiger charge is 2.36. The van der Waals surface area contributed by atoms with E-state index in [4.69, 9.17) is 11.6 Å². The first-order valence-corrected chi connectivity index (χ1v) is 10.1. The third kappa shape index (κ3) is 3.99. The summed E-state index contributed by atoms with van der Waals surface area (Å²) in [6.45, 7) is 5.70. The lowest BCUT2D eigenvalue weighted by molar-refractivity contribution is 0.209. The number of thiophene rings is 1. The molecule has 2 unspecified atom stereocenters. The molecule has 1 N–H and O–H groups in total. The van der Waals surface area contributed by atoms with E-state index < -0.39 is 10.0 Å². The standard InChI is InChI=1S/C14H23ClN2O2S2/c1-3-9-16-11(2)12-6-4-5-10-17(12)21(18,19)14-8-7-13(15)20-14/h7-8,11-12,16H,3-6,9-10H2,1-2H3. The second-order valence-electron chi connectivity index (χ2n) is 5.48. The maximum atomic E-state index is 12.8. The van der Waals surface area contributed by atoms with Crippen molar-refractivity contribution in [3.63, 3.8) is 0 Å². The van der Waals surface area contributed by atoms with Crippen molar-refractivity contribution in [2.75, 3.05) is 13.1 Å². The molecule has 4 nitrogen and oxygen atoms in total. The fourth-order valence-corrected chi connectivity index (χ4v) is 6.17. The first-order chi connectivity index (χ1) is 9.96. The lowest BCUT2D eigenvalue weighted by Crippen LogP contribution is -2.53. The molecule has 0 aliphatic carbocycles. The molecule has 0 radical (unpaired) electrons. The summed E-state index contributed by atoms with van der Waals surface area (Å²) >= 11 is 7.03. The van der Waals surface area contributed by atoms with Gasteiger partial charge in [0, 0.05) is 18.6 Å². The SMILES string of the molecule is CCCNC(C)C1CCCCN1S(=O)(=O)c1ccc(Cl)s1. The van der Waals surface area contributed by atoms with Crippen molar-refractivity contribution < 1.29 is 8.42 Å². The van der Waals surface area contributed by atoms with Gasteiger partial charge in [0.15, 0.2) is 0 Å². The molecule has 2 heterocycles. The van der Waals surface area contributed by atoms with Crippen LogP contribution in [0.5, 0.6) is 0 Å². The molecule has 1 saturated heterocycles. The van der Waals surface area contributed by atoms with E-state index in [2.05, 4.69) is 19.2 Å². The third-order valence-electron chi connectivity index (χ3n) is 3.90. The van der Waals surface area contributed by atoms with Crippen LogP contribution in [-0.2, 0) is 10.0 Å². The second kappa shape index (κ2) is 7.42. The minimum atomic E-state index is -3.43. The van der Waals surface area contributed by atoms with Crippen molar-refractivity contribution >= 4 is 33.0 Å². The molecule has 0 spiro atoms. The van der Waals surface area contributed by atoms with Gasteiger partial charge in [-0.1, -0.05) is 24.9 Å². The van der Waals surface area contributed by atoms with Gasteiger partial charge in [-0.25, -0.2) is 8.42 Å². The molecule has 1 aliphatic rings. The molecule has 0 amide bonds. The lowest BCUT2D eigenvalue weighted by Gasteiger charge is -2.38. The highest BCUT2D eigenvalue weighted by atomic mass is 35.5. The van der Waals surface area contributed by atoms with Crippen LogP contribution in [0.3, 0.4) is 0 Å². The summed E-state index contributed by atoms with van der Waals surface area (Å²) in [5.41, 5.74) is 0. The fourth-order valence-electron chi connectivity index (χ4n) is 2.79. The van der Waals surface area contributed by atoms with Gasteiger partial charge in [0.1, 0.15) is 4.21 Å². The molecule has 7 heteroatoms. The highest BCUT2D eigenvalue weighted by molar-refractivity contribution is 7.91. The van der Waals surface area contributed by atoms with Crippen LogP contribution in [0.2, 0.25) is 4.34 Å². The molecule has 1 fully saturated rings. The number of halogens is 1. The summed E-state index contributed by atoms with van der Waals surface area (Å²) < 4.78 is 28.2. The van der Waals surface area contributed by atoms with Gasteiger partial charge in [-0.05, 0) is 44.9 Å². The average Bonchev–Trinajstić information content (AvgIpc) is 2.92. The van der Waals surface area contributed by atoms with E-state index in [1.807, 2.05) is 0 Å². The van der Waals surface area contributed by atoms with Crippen LogP contribution < -0.4 is 5.32 Å². The zero-order valence-corrected chi connectivity index (χ0v) is 14.9.